The number of benzene rings is 3. The minimum atomic E-state index is -0.251. The SMILES string of the molecule is CC[C@H](C)c1nc2ccc(Br)cc2c(=O)n1N=Cc1cc(Cl)c(OCc2ccc3c(c2)OCO3)c(Cl)c1. The van der Waals surface area contributed by atoms with Gasteiger partial charge in [0, 0.05) is 10.4 Å². The summed E-state index contributed by atoms with van der Waals surface area (Å²) in [5.41, 5.74) is 1.87. The van der Waals surface area contributed by atoms with Gasteiger partial charge in [-0.15, -0.1) is 0 Å². The molecule has 2 heterocycles. The van der Waals surface area contributed by atoms with Gasteiger partial charge >= 0.3 is 0 Å². The number of halogens is 3. The summed E-state index contributed by atoms with van der Waals surface area (Å²) in [7, 11) is 0. The summed E-state index contributed by atoms with van der Waals surface area (Å²) in [6.45, 7) is 4.50. The molecular formula is C27H22BrCl2N3O4. The van der Waals surface area contributed by atoms with Crippen molar-refractivity contribution in [1.29, 1.82) is 0 Å². The largest absolute Gasteiger partial charge is 0.486 e. The van der Waals surface area contributed by atoms with Gasteiger partial charge in [-0.25, -0.2) is 4.98 Å². The lowest BCUT2D eigenvalue weighted by molar-refractivity contribution is 0.174. The highest BCUT2D eigenvalue weighted by atomic mass is 79.9. The second-order valence-corrected chi connectivity index (χ2v) is 10.3. The smallest absolute Gasteiger partial charge is 0.282 e. The Bertz CT molecular complexity index is 1570. The van der Waals surface area contributed by atoms with Crippen LogP contribution < -0.4 is 19.8 Å². The van der Waals surface area contributed by atoms with Crippen molar-refractivity contribution < 1.29 is 14.2 Å². The van der Waals surface area contributed by atoms with Gasteiger partial charge in [-0.05, 0) is 60.0 Å². The third-order valence-corrected chi connectivity index (χ3v) is 7.10. The highest BCUT2D eigenvalue weighted by Crippen LogP contribution is 2.36. The van der Waals surface area contributed by atoms with E-state index in [-0.39, 0.29) is 24.9 Å². The Hall–Kier alpha value is -3.07. The van der Waals surface area contributed by atoms with Crippen LogP contribution in [0.2, 0.25) is 10.0 Å². The maximum Gasteiger partial charge on any atom is 0.282 e. The predicted octanol–water partition coefficient (Wildman–Crippen LogP) is 7.17. The van der Waals surface area contributed by atoms with Gasteiger partial charge in [0.2, 0.25) is 6.79 Å². The zero-order valence-corrected chi connectivity index (χ0v) is 23.1. The fourth-order valence-electron chi connectivity index (χ4n) is 3.88. The number of nitrogens with zero attached hydrogens (tertiary/aromatic N) is 3. The minimum Gasteiger partial charge on any atom is -0.486 e. The summed E-state index contributed by atoms with van der Waals surface area (Å²) >= 11 is 16.4. The van der Waals surface area contributed by atoms with Crippen LogP contribution in [0.25, 0.3) is 10.9 Å². The molecule has 5 rings (SSSR count). The normalized spacial score (nSPS) is 13.4. The Balaban J connectivity index is 1.43. The maximum absolute atomic E-state index is 13.3. The molecule has 1 aliphatic heterocycles. The van der Waals surface area contributed by atoms with Crippen molar-refractivity contribution >= 4 is 56.2 Å². The van der Waals surface area contributed by atoms with Crippen LogP contribution in [0.5, 0.6) is 17.2 Å². The molecule has 0 radical (unpaired) electrons. The number of hydrogen-bond donors (Lipinski definition) is 0. The first-order chi connectivity index (χ1) is 17.8. The lowest BCUT2D eigenvalue weighted by atomic mass is 10.1. The number of fused-ring (bicyclic) bond motifs is 2. The van der Waals surface area contributed by atoms with Crippen LogP contribution in [0, 0.1) is 0 Å². The van der Waals surface area contributed by atoms with Gasteiger partial charge in [-0.3, -0.25) is 4.79 Å². The van der Waals surface area contributed by atoms with Crippen LogP contribution in [0.15, 0.2) is 62.9 Å². The van der Waals surface area contributed by atoms with Crippen LogP contribution >= 0.6 is 39.1 Å². The average molecular weight is 603 g/mol. The number of hydrogen-bond acceptors (Lipinski definition) is 6. The first kappa shape index (κ1) is 25.6. The van der Waals surface area contributed by atoms with Gasteiger partial charge in [0.1, 0.15) is 12.4 Å². The van der Waals surface area contributed by atoms with E-state index in [9.17, 15) is 4.79 Å². The molecule has 4 aromatic rings. The van der Waals surface area contributed by atoms with E-state index in [1.165, 1.54) is 10.9 Å². The van der Waals surface area contributed by atoms with Gasteiger partial charge in [0.25, 0.3) is 5.56 Å². The molecule has 3 aromatic carbocycles. The molecule has 7 nitrogen and oxygen atoms in total. The van der Waals surface area contributed by atoms with Crippen LogP contribution in [0.3, 0.4) is 0 Å². The Kier molecular flexibility index (Phi) is 7.42. The number of ether oxygens (including phenoxy) is 3. The van der Waals surface area contributed by atoms with Crippen molar-refractivity contribution in [2.45, 2.75) is 32.8 Å². The third-order valence-electron chi connectivity index (χ3n) is 6.05. The standard InChI is InChI=1S/C27H22BrCl2N3O4/c1-3-15(2)26-32-22-6-5-18(28)11-19(22)27(34)33(26)31-12-17-8-20(29)25(21(30)9-17)35-13-16-4-7-23-24(10-16)37-14-36-23/h4-12,15H,3,13-14H2,1-2H3/t15-/m0/s1. The lowest BCUT2D eigenvalue weighted by Gasteiger charge is -2.14. The molecular weight excluding hydrogens is 581 g/mol. The molecule has 0 unspecified atom stereocenters. The number of rotatable bonds is 7. The first-order valence-electron chi connectivity index (χ1n) is 11.6. The maximum atomic E-state index is 13.3. The van der Waals surface area contributed by atoms with Crippen LogP contribution in [0.4, 0.5) is 0 Å². The predicted molar refractivity (Wildman–Crippen MR) is 149 cm³/mol. The third kappa shape index (κ3) is 5.32. The summed E-state index contributed by atoms with van der Waals surface area (Å²) in [5, 5.41) is 5.60. The average Bonchev–Trinajstić information content (AvgIpc) is 3.35. The second-order valence-electron chi connectivity index (χ2n) is 8.59. The first-order valence-corrected chi connectivity index (χ1v) is 13.2. The minimum absolute atomic E-state index is 0.0250. The molecule has 0 amide bonds. The van der Waals surface area contributed by atoms with Crippen LogP contribution in [0.1, 0.15) is 43.1 Å². The van der Waals surface area contributed by atoms with E-state index in [4.69, 9.17) is 42.4 Å². The zero-order valence-electron chi connectivity index (χ0n) is 20.0. The summed E-state index contributed by atoms with van der Waals surface area (Å²) in [6, 6.07) is 14.4. The molecule has 10 heteroatoms. The van der Waals surface area contributed by atoms with Crippen molar-refractivity contribution in [3.8, 4) is 17.2 Å². The van der Waals surface area contributed by atoms with E-state index in [1.54, 1.807) is 18.2 Å². The van der Waals surface area contributed by atoms with Crippen molar-refractivity contribution in [1.82, 2.24) is 9.66 Å². The summed E-state index contributed by atoms with van der Waals surface area (Å²) < 4.78 is 18.8. The van der Waals surface area contributed by atoms with Gasteiger partial charge in [0.15, 0.2) is 17.2 Å². The van der Waals surface area contributed by atoms with Crippen LogP contribution in [-0.4, -0.2) is 22.7 Å². The van der Waals surface area contributed by atoms with E-state index in [0.29, 0.717) is 49.6 Å². The van der Waals surface area contributed by atoms with Gasteiger partial charge < -0.3 is 14.2 Å². The molecule has 0 fully saturated rings. The molecule has 1 aliphatic rings. The van der Waals surface area contributed by atoms with Crippen molar-refractivity contribution in [3.05, 3.63) is 90.4 Å². The quantitative estimate of drug-likeness (QED) is 0.210. The Labute approximate surface area is 231 Å². The van der Waals surface area contributed by atoms with Gasteiger partial charge in [-0.2, -0.15) is 9.78 Å². The molecule has 0 saturated heterocycles. The Morgan fingerprint density at radius 2 is 1.89 bits per heavy atom. The second kappa shape index (κ2) is 10.7. The highest BCUT2D eigenvalue weighted by Gasteiger charge is 2.17. The summed E-state index contributed by atoms with van der Waals surface area (Å²) in [4.78, 5) is 18.0. The van der Waals surface area contributed by atoms with E-state index < -0.39 is 0 Å². The fraction of sp³-hybridized carbons (Fsp3) is 0.222. The molecule has 0 saturated carbocycles. The van der Waals surface area contributed by atoms with Crippen molar-refractivity contribution in [2.75, 3.05) is 6.79 Å². The Morgan fingerprint density at radius 1 is 1.14 bits per heavy atom. The van der Waals surface area contributed by atoms with Gasteiger partial charge in [0.05, 0.1) is 27.2 Å². The monoisotopic (exact) mass is 601 g/mol. The topological polar surface area (TPSA) is 74.9 Å². The molecule has 37 heavy (non-hydrogen) atoms. The molecule has 0 N–H and O–H groups in total. The van der Waals surface area contributed by atoms with E-state index in [1.807, 2.05) is 44.2 Å². The molecule has 0 bridgehead atoms. The van der Waals surface area contributed by atoms with E-state index in [2.05, 4.69) is 21.0 Å². The molecule has 0 aliphatic carbocycles. The molecule has 0 spiro atoms. The highest BCUT2D eigenvalue weighted by molar-refractivity contribution is 9.10. The molecule has 1 atom stereocenters. The van der Waals surface area contributed by atoms with Gasteiger partial charge in [-0.1, -0.05) is 59.0 Å². The van der Waals surface area contributed by atoms with E-state index in [0.717, 1.165) is 16.5 Å². The number of aromatic nitrogens is 2. The van der Waals surface area contributed by atoms with Crippen molar-refractivity contribution in [2.24, 2.45) is 5.10 Å². The summed E-state index contributed by atoms with van der Waals surface area (Å²) in [5.74, 6) is 2.34. The van der Waals surface area contributed by atoms with Crippen molar-refractivity contribution in [3.63, 3.8) is 0 Å². The lowest BCUT2D eigenvalue weighted by Crippen LogP contribution is -2.23. The Morgan fingerprint density at radius 3 is 2.65 bits per heavy atom. The molecule has 1 aromatic heterocycles. The van der Waals surface area contributed by atoms with Crippen LogP contribution in [-0.2, 0) is 6.61 Å². The summed E-state index contributed by atoms with van der Waals surface area (Å²) in [6.07, 6.45) is 2.34. The van der Waals surface area contributed by atoms with E-state index >= 15 is 0 Å². The fourth-order valence-corrected chi connectivity index (χ4v) is 4.86. The zero-order chi connectivity index (χ0) is 26.1. The molecule has 190 valence electrons.